The smallest absolute Gasteiger partial charge is 0.164 e. The fraction of sp³-hybridized carbons (Fsp3) is 0.917. The normalized spacial score (nSPS) is 20.3. The molecule has 2 nitrogen and oxygen atoms in total. The molecular formula is C12H22O2. The fourth-order valence-electron chi connectivity index (χ4n) is 2.28. The highest BCUT2D eigenvalue weighted by Crippen LogP contribution is 2.41. The van der Waals surface area contributed by atoms with Crippen molar-refractivity contribution in [2.24, 2.45) is 5.41 Å². The number of carbonyl (C=O) groups is 1. The van der Waals surface area contributed by atoms with Gasteiger partial charge in [-0.15, -0.1) is 0 Å². The van der Waals surface area contributed by atoms with Crippen LogP contribution in [0.2, 0.25) is 0 Å². The maximum absolute atomic E-state index is 12.0. The molecule has 0 N–H and O–H groups in total. The molecule has 14 heavy (non-hydrogen) atoms. The predicted molar refractivity (Wildman–Crippen MR) is 57.3 cm³/mol. The number of hydrogen-bond acceptors (Lipinski definition) is 2. The second-order valence-electron chi connectivity index (χ2n) is 4.62. The van der Waals surface area contributed by atoms with E-state index in [0.717, 1.165) is 19.3 Å². The molecule has 1 saturated carbocycles. The molecule has 0 aromatic heterocycles. The van der Waals surface area contributed by atoms with E-state index >= 15 is 0 Å². The Morgan fingerprint density at radius 2 is 1.93 bits per heavy atom. The van der Waals surface area contributed by atoms with Crippen LogP contribution in [0.3, 0.4) is 0 Å². The molecule has 1 aliphatic rings. The molecule has 0 bridgehead atoms. The first-order valence-electron chi connectivity index (χ1n) is 5.75. The van der Waals surface area contributed by atoms with Gasteiger partial charge < -0.3 is 4.74 Å². The number of ether oxygens (including phenoxy) is 1. The van der Waals surface area contributed by atoms with Gasteiger partial charge in [0, 0.05) is 5.41 Å². The summed E-state index contributed by atoms with van der Waals surface area (Å²) >= 11 is 0. The minimum Gasteiger partial charge on any atom is -0.371 e. The van der Waals surface area contributed by atoms with E-state index in [4.69, 9.17) is 4.74 Å². The van der Waals surface area contributed by atoms with E-state index in [-0.39, 0.29) is 11.5 Å². The highest BCUT2D eigenvalue weighted by molar-refractivity contribution is 5.86. The molecule has 1 fully saturated rings. The molecule has 1 aliphatic carbocycles. The highest BCUT2D eigenvalue weighted by Gasteiger charge is 2.38. The molecule has 0 aromatic rings. The van der Waals surface area contributed by atoms with Crippen molar-refractivity contribution in [1.82, 2.24) is 0 Å². The molecule has 0 aromatic carbocycles. The molecule has 0 saturated heterocycles. The van der Waals surface area contributed by atoms with Gasteiger partial charge >= 0.3 is 0 Å². The summed E-state index contributed by atoms with van der Waals surface area (Å²) in [6.07, 6.45) is 5.71. The van der Waals surface area contributed by atoms with Crippen LogP contribution in [0.15, 0.2) is 0 Å². The van der Waals surface area contributed by atoms with Crippen molar-refractivity contribution >= 4 is 5.78 Å². The Morgan fingerprint density at radius 1 is 1.36 bits per heavy atom. The summed E-state index contributed by atoms with van der Waals surface area (Å²) in [7, 11) is 0. The molecule has 2 heteroatoms. The van der Waals surface area contributed by atoms with Gasteiger partial charge in [0.2, 0.25) is 0 Å². The van der Waals surface area contributed by atoms with Crippen LogP contribution >= 0.6 is 0 Å². The van der Waals surface area contributed by atoms with E-state index in [9.17, 15) is 4.79 Å². The number of ketones is 1. The van der Waals surface area contributed by atoms with Gasteiger partial charge in [-0.3, -0.25) is 4.79 Å². The molecule has 0 amide bonds. The molecule has 0 heterocycles. The van der Waals surface area contributed by atoms with Crippen molar-refractivity contribution < 1.29 is 9.53 Å². The summed E-state index contributed by atoms with van der Waals surface area (Å²) in [6, 6.07) is 0. The van der Waals surface area contributed by atoms with Crippen LogP contribution in [-0.4, -0.2) is 18.5 Å². The average molecular weight is 198 g/mol. The van der Waals surface area contributed by atoms with Gasteiger partial charge in [-0.2, -0.15) is 0 Å². The monoisotopic (exact) mass is 198 g/mol. The van der Waals surface area contributed by atoms with E-state index in [1.807, 2.05) is 13.8 Å². The van der Waals surface area contributed by atoms with Gasteiger partial charge in [0.1, 0.15) is 6.61 Å². The second-order valence-corrected chi connectivity index (χ2v) is 4.62. The predicted octanol–water partition coefficient (Wildman–Crippen LogP) is 2.95. The Bertz CT molecular complexity index is 190. The highest BCUT2D eigenvalue weighted by atomic mass is 16.5. The van der Waals surface area contributed by atoms with Gasteiger partial charge in [-0.05, 0) is 33.1 Å². The lowest BCUT2D eigenvalue weighted by Crippen LogP contribution is -2.31. The van der Waals surface area contributed by atoms with Crippen molar-refractivity contribution in [2.45, 2.75) is 59.0 Å². The zero-order chi connectivity index (χ0) is 10.6. The summed E-state index contributed by atoms with van der Waals surface area (Å²) in [6.45, 7) is 6.38. The first kappa shape index (κ1) is 11.7. The zero-order valence-corrected chi connectivity index (χ0v) is 9.64. The fourth-order valence-corrected chi connectivity index (χ4v) is 2.28. The molecule has 0 unspecified atom stereocenters. The van der Waals surface area contributed by atoms with Crippen molar-refractivity contribution in [1.29, 1.82) is 0 Å². The van der Waals surface area contributed by atoms with Crippen LogP contribution in [0.1, 0.15) is 52.9 Å². The lowest BCUT2D eigenvalue weighted by molar-refractivity contribution is -0.135. The summed E-state index contributed by atoms with van der Waals surface area (Å²) in [5.74, 6) is 0.325. The van der Waals surface area contributed by atoms with Gasteiger partial charge in [0.15, 0.2) is 5.78 Å². The van der Waals surface area contributed by atoms with Crippen molar-refractivity contribution in [3.05, 3.63) is 0 Å². The number of carbonyl (C=O) groups excluding carboxylic acids is 1. The van der Waals surface area contributed by atoms with Crippen LogP contribution in [0, 0.1) is 5.41 Å². The molecular weight excluding hydrogens is 176 g/mol. The van der Waals surface area contributed by atoms with E-state index in [0.29, 0.717) is 12.4 Å². The number of rotatable bonds is 5. The Labute approximate surface area is 87.0 Å². The van der Waals surface area contributed by atoms with Crippen molar-refractivity contribution in [2.75, 3.05) is 6.61 Å². The first-order chi connectivity index (χ1) is 6.60. The van der Waals surface area contributed by atoms with E-state index < -0.39 is 0 Å². The Kier molecular flexibility index (Phi) is 4.11. The van der Waals surface area contributed by atoms with Crippen molar-refractivity contribution in [3.63, 3.8) is 0 Å². The lowest BCUT2D eigenvalue weighted by Gasteiger charge is -2.25. The third-order valence-electron chi connectivity index (χ3n) is 3.38. The SMILES string of the molecule is CCC1(C(=O)COC(C)C)CCCC1. The summed E-state index contributed by atoms with van der Waals surface area (Å²) < 4.78 is 5.39. The molecule has 82 valence electrons. The van der Waals surface area contributed by atoms with E-state index in [1.54, 1.807) is 0 Å². The van der Waals surface area contributed by atoms with Gasteiger partial charge in [-0.25, -0.2) is 0 Å². The quantitative estimate of drug-likeness (QED) is 0.679. The number of Topliss-reactive ketones (excluding diaryl/α,β-unsaturated/α-hetero) is 1. The van der Waals surface area contributed by atoms with Crippen LogP contribution in [0.5, 0.6) is 0 Å². The summed E-state index contributed by atoms with van der Waals surface area (Å²) in [4.78, 5) is 12.0. The van der Waals surface area contributed by atoms with Gasteiger partial charge in [0.25, 0.3) is 0 Å². The molecule has 0 atom stereocenters. The zero-order valence-electron chi connectivity index (χ0n) is 9.64. The van der Waals surface area contributed by atoms with Gasteiger partial charge in [0.05, 0.1) is 6.10 Å². The second kappa shape index (κ2) is 4.92. The molecule has 0 spiro atoms. The average Bonchev–Trinajstić information content (AvgIpc) is 2.63. The maximum Gasteiger partial charge on any atom is 0.164 e. The molecule has 1 rings (SSSR count). The number of hydrogen-bond donors (Lipinski definition) is 0. The van der Waals surface area contributed by atoms with E-state index in [1.165, 1.54) is 12.8 Å². The third-order valence-corrected chi connectivity index (χ3v) is 3.38. The third kappa shape index (κ3) is 2.57. The largest absolute Gasteiger partial charge is 0.371 e. The van der Waals surface area contributed by atoms with Gasteiger partial charge in [-0.1, -0.05) is 19.8 Å². The topological polar surface area (TPSA) is 26.3 Å². The Hall–Kier alpha value is -0.370. The molecule has 0 aliphatic heterocycles. The van der Waals surface area contributed by atoms with E-state index in [2.05, 4.69) is 6.92 Å². The first-order valence-corrected chi connectivity index (χ1v) is 5.75. The minimum absolute atomic E-state index is 0.0328. The van der Waals surface area contributed by atoms with Crippen LogP contribution < -0.4 is 0 Å². The minimum atomic E-state index is -0.0328. The van der Waals surface area contributed by atoms with Crippen molar-refractivity contribution in [3.8, 4) is 0 Å². The van der Waals surface area contributed by atoms with Crippen LogP contribution in [0.4, 0.5) is 0 Å². The summed E-state index contributed by atoms with van der Waals surface area (Å²) in [5, 5.41) is 0. The lowest BCUT2D eigenvalue weighted by atomic mass is 9.79. The molecule has 0 radical (unpaired) electrons. The van der Waals surface area contributed by atoms with Crippen LogP contribution in [-0.2, 0) is 9.53 Å². The summed E-state index contributed by atoms with van der Waals surface area (Å²) in [5.41, 5.74) is -0.0328. The van der Waals surface area contributed by atoms with Crippen LogP contribution in [0.25, 0.3) is 0 Å². The standard InChI is InChI=1S/C12H22O2/c1-4-12(7-5-6-8-12)11(13)9-14-10(2)3/h10H,4-9H2,1-3H3. The Morgan fingerprint density at radius 3 is 2.36 bits per heavy atom. The Balaban J connectivity index is 2.48. The maximum atomic E-state index is 12.0.